The predicted molar refractivity (Wildman–Crippen MR) is 49.5 cm³/mol. The first-order valence-corrected chi connectivity index (χ1v) is 4.24. The van der Waals surface area contributed by atoms with Crippen LogP contribution in [0.4, 0.5) is 5.82 Å². The Kier molecular flexibility index (Phi) is 1.99. The molecule has 1 aromatic rings. The number of fused-ring (bicyclic) bond motifs is 1. The summed E-state index contributed by atoms with van der Waals surface area (Å²) in [5, 5.41) is 11.6. The fraction of sp³-hybridized carbons (Fsp3) is 0.333. The molecular formula is C9H10N2O3. The zero-order valence-electron chi connectivity index (χ0n) is 7.65. The molecule has 1 atom stereocenters. The molecule has 0 radical (unpaired) electrons. The highest BCUT2D eigenvalue weighted by Gasteiger charge is 2.27. The third-order valence-corrected chi connectivity index (χ3v) is 2.20. The topological polar surface area (TPSA) is 71.5 Å². The normalized spacial score (nSPS) is 18.5. The molecule has 5 nitrogen and oxygen atoms in total. The monoisotopic (exact) mass is 194 g/mol. The number of aromatic nitrogens is 1. The summed E-state index contributed by atoms with van der Waals surface area (Å²) in [6.07, 6.45) is 0.474. The Morgan fingerprint density at radius 1 is 1.71 bits per heavy atom. The van der Waals surface area contributed by atoms with Gasteiger partial charge in [0.2, 0.25) is 5.88 Å². The van der Waals surface area contributed by atoms with E-state index in [2.05, 4.69) is 10.3 Å². The average Bonchev–Trinajstić information content (AvgIpc) is 2.59. The number of hydrogen-bond acceptors (Lipinski definition) is 4. The van der Waals surface area contributed by atoms with Crippen LogP contribution in [0.15, 0.2) is 12.1 Å². The molecule has 0 saturated heterocycles. The number of rotatable bonds is 2. The molecule has 0 bridgehead atoms. The molecule has 0 amide bonds. The first-order chi connectivity index (χ1) is 6.70. The van der Waals surface area contributed by atoms with E-state index in [1.165, 1.54) is 7.11 Å². The van der Waals surface area contributed by atoms with Crippen LogP contribution in [0.25, 0.3) is 0 Å². The Morgan fingerprint density at radius 3 is 3.14 bits per heavy atom. The van der Waals surface area contributed by atoms with Crippen molar-refractivity contribution in [1.29, 1.82) is 0 Å². The number of carbonyl (C=O) groups is 1. The van der Waals surface area contributed by atoms with Gasteiger partial charge in [0.05, 0.1) is 7.11 Å². The van der Waals surface area contributed by atoms with Gasteiger partial charge in [-0.1, -0.05) is 0 Å². The highest BCUT2D eigenvalue weighted by atomic mass is 16.5. The average molecular weight is 194 g/mol. The number of carboxylic acid groups (broad SMARTS) is 1. The first-order valence-electron chi connectivity index (χ1n) is 4.24. The number of methoxy groups -OCH3 is 1. The lowest BCUT2D eigenvalue weighted by Crippen LogP contribution is -2.26. The molecular weight excluding hydrogens is 184 g/mol. The number of anilines is 1. The second-order valence-electron chi connectivity index (χ2n) is 3.10. The van der Waals surface area contributed by atoms with Crippen LogP contribution in [-0.4, -0.2) is 29.2 Å². The van der Waals surface area contributed by atoms with Crippen molar-refractivity contribution in [2.45, 2.75) is 12.5 Å². The minimum Gasteiger partial charge on any atom is -0.481 e. The molecule has 2 rings (SSSR count). The van der Waals surface area contributed by atoms with E-state index in [-0.39, 0.29) is 0 Å². The summed E-state index contributed by atoms with van der Waals surface area (Å²) in [4.78, 5) is 14.8. The van der Waals surface area contributed by atoms with Gasteiger partial charge in [-0.25, -0.2) is 4.79 Å². The van der Waals surface area contributed by atoms with Crippen molar-refractivity contribution in [2.75, 3.05) is 12.4 Å². The summed E-state index contributed by atoms with van der Waals surface area (Å²) >= 11 is 0. The van der Waals surface area contributed by atoms with Gasteiger partial charge in [0.1, 0.15) is 11.9 Å². The molecule has 1 aromatic heterocycles. The molecule has 0 aliphatic carbocycles. The molecule has 2 N–H and O–H groups in total. The summed E-state index contributed by atoms with van der Waals surface area (Å²) in [6, 6.07) is 2.99. The van der Waals surface area contributed by atoms with Crippen molar-refractivity contribution in [3.8, 4) is 5.88 Å². The Morgan fingerprint density at radius 2 is 2.50 bits per heavy atom. The minimum atomic E-state index is -0.859. The summed E-state index contributed by atoms with van der Waals surface area (Å²) in [5.41, 5.74) is 0.915. The number of pyridine rings is 1. The lowest BCUT2D eigenvalue weighted by atomic mass is 10.1. The molecule has 14 heavy (non-hydrogen) atoms. The molecule has 5 heteroatoms. The van der Waals surface area contributed by atoms with E-state index in [0.29, 0.717) is 18.1 Å². The smallest absolute Gasteiger partial charge is 0.326 e. The van der Waals surface area contributed by atoms with Crippen LogP contribution in [-0.2, 0) is 11.2 Å². The van der Waals surface area contributed by atoms with E-state index in [1.807, 2.05) is 6.07 Å². The molecule has 0 aromatic carbocycles. The van der Waals surface area contributed by atoms with Gasteiger partial charge in [0, 0.05) is 12.5 Å². The van der Waals surface area contributed by atoms with Gasteiger partial charge in [0.25, 0.3) is 0 Å². The maximum Gasteiger partial charge on any atom is 0.326 e. The molecule has 1 aliphatic rings. The summed E-state index contributed by atoms with van der Waals surface area (Å²) in [6.45, 7) is 0. The molecule has 0 saturated carbocycles. The maximum absolute atomic E-state index is 10.7. The van der Waals surface area contributed by atoms with Crippen molar-refractivity contribution in [2.24, 2.45) is 0 Å². The third-order valence-electron chi connectivity index (χ3n) is 2.20. The minimum absolute atomic E-state index is 0.474. The van der Waals surface area contributed by atoms with Gasteiger partial charge in [-0.2, -0.15) is 4.98 Å². The summed E-state index contributed by atoms with van der Waals surface area (Å²) in [5.74, 6) is 0.237. The number of nitrogens with zero attached hydrogens (tertiary/aromatic N) is 1. The number of carboxylic acids is 1. The molecule has 1 unspecified atom stereocenters. The second kappa shape index (κ2) is 3.17. The lowest BCUT2D eigenvalue weighted by molar-refractivity contribution is -0.137. The number of ether oxygens (including phenoxy) is 1. The molecule has 74 valence electrons. The highest BCUT2D eigenvalue weighted by Crippen LogP contribution is 2.25. The van der Waals surface area contributed by atoms with Crippen LogP contribution in [0, 0.1) is 0 Å². The Hall–Kier alpha value is -1.78. The predicted octanol–water partition coefficient (Wildman–Crippen LogP) is 0.511. The van der Waals surface area contributed by atoms with Gasteiger partial charge >= 0.3 is 5.97 Å². The van der Waals surface area contributed by atoms with Crippen LogP contribution < -0.4 is 10.1 Å². The lowest BCUT2D eigenvalue weighted by Gasteiger charge is -2.03. The van der Waals surface area contributed by atoms with Gasteiger partial charge in [-0.05, 0) is 11.6 Å². The van der Waals surface area contributed by atoms with E-state index in [4.69, 9.17) is 9.84 Å². The second-order valence-corrected chi connectivity index (χ2v) is 3.10. The van der Waals surface area contributed by atoms with Crippen molar-refractivity contribution in [3.05, 3.63) is 17.7 Å². The van der Waals surface area contributed by atoms with E-state index < -0.39 is 12.0 Å². The van der Waals surface area contributed by atoms with Crippen molar-refractivity contribution < 1.29 is 14.6 Å². The first kappa shape index (κ1) is 8.80. The largest absolute Gasteiger partial charge is 0.481 e. The van der Waals surface area contributed by atoms with Gasteiger partial charge in [-0.15, -0.1) is 0 Å². The van der Waals surface area contributed by atoms with Crippen molar-refractivity contribution in [1.82, 2.24) is 4.98 Å². The standard InChI is InChI=1S/C9H10N2O3/c1-14-7-3-2-5-4-6(9(12)13)10-8(5)11-7/h2-3,6H,4H2,1H3,(H,10,11)(H,12,13). The zero-order valence-corrected chi connectivity index (χ0v) is 7.65. The summed E-state index contributed by atoms with van der Waals surface area (Å²) in [7, 11) is 1.53. The fourth-order valence-corrected chi connectivity index (χ4v) is 1.46. The van der Waals surface area contributed by atoms with Crippen LogP contribution >= 0.6 is 0 Å². The molecule has 0 fully saturated rings. The van der Waals surface area contributed by atoms with Crippen LogP contribution in [0.2, 0.25) is 0 Å². The maximum atomic E-state index is 10.7. The Balaban J connectivity index is 2.27. The van der Waals surface area contributed by atoms with Crippen LogP contribution in [0.3, 0.4) is 0 Å². The van der Waals surface area contributed by atoms with E-state index in [9.17, 15) is 4.79 Å². The van der Waals surface area contributed by atoms with Crippen LogP contribution in [0.5, 0.6) is 5.88 Å². The third kappa shape index (κ3) is 1.37. The fourth-order valence-electron chi connectivity index (χ4n) is 1.46. The Labute approximate surface area is 80.7 Å². The quantitative estimate of drug-likeness (QED) is 0.717. The molecule has 1 aliphatic heterocycles. The summed E-state index contributed by atoms with van der Waals surface area (Å²) < 4.78 is 4.94. The van der Waals surface area contributed by atoms with E-state index >= 15 is 0 Å². The molecule has 0 spiro atoms. The van der Waals surface area contributed by atoms with Gasteiger partial charge < -0.3 is 15.2 Å². The SMILES string of the molecule is COc1ccc2c(n1)NC(C(=O)O)C2. The van der Waals surface area contributed by atoms with Crippen molar-refractivity contribution in [3.63, 3.8) is 0 Å². The number of aliphatic carboxylic acids is 1. The van der Waals surface area contributed by atoms with E-state index in [0.717, 1.165) is 5.56 Å². The van der Waals surface area contributed by atoms with Gasteiger partial charge in [-0.3, -0.25) is 0 Å². The van der Waals surface area contributed by atoms with Gasteiger partial charge in [0.15, 0.2) is 0 Å². The number of hydrogen-bond donors (Lipinski definition) is 2. The highest BCUT2D eigenvalue weighted by molar-refractivity contribution is 5.80. The van der Waals surface area contributed by atoms with Crippen LogP contribution in [0.1, 0.15) is 5.56 Å². The number of nitrogens with one attached hydrogen (secondary N) is 1. The van der Waals surface area contributed by atoms with Crippen molar-refractivity contribution >= 4 is 11.8 Å². The Bertz CT molecular complexity index is 378. The molecule has 2 heterocycles. The van der Waals surface area contributed by atoms with E-state index in [1.54, 1.807) is 6.07 Å². The zero-order chi connectivity index (χ0) is 10.1.